The number of benzene rings is 1. The lowest BCUT2D eigenvalue weighted by molar-refractivity contribution is 0.596. The Kier molecular flexibility index (Phi) is 1.97. The van der Waals surface area contributed by atoms with E-state index in [9.17, 15) is 4.39 Å². The zero-order valence-corrected chi connectivity index (χ0v) is 8.78. The molecule has 3 rings (SSSR count). The molecule has 0 N–H and O–H groups in total. The van der Waals surface area contributed by atoms with Crippen LogP contribution in [-0.4, -0.2) is 9.38 Å². The number of hydrogen-bond donors (Lipinski definition) is 0. The molecule has 0 spiro atoms. The van der Waals surface area contributed by atoms with E-state index in [2.05, 4.69) is 4.98 Å². The Morgan fingerprint density at radius 2 is 2.25 bits per heavy atom. The minimum atomic E-state index is -0.395. The number of nitrogens with zero attached hydrogens (tertiary/aromatic N) is 2. The highest BCUT2D eigenvalue weighted by molar-refractivity contribution is 6.30. The van der Waals surface area contributed by atoms with Crippen LogP contribution in [0.1, 0.15) is 0 Å². The lowest BCUT2D eigenvalue weighted by Gasteiger charge is -1.98. The van der Waals surface area contributed by atoms with Gasteiger partial charge in [0.2, 0.25) is 0 Å². The number of hydrogen-bond acceptors (Lipinski definition) is 2. The van der Waals surface area contributed by atoms with Crippen molar-refractivity contribution in [1.29, 1.82) is 0 Å². The minimum absolute atomic E-state index is 0.365. The molecule has 1 aromatic carbocycles. The fourth-order valence-electron chi connectivity index (χ4n) is 1.55. The van der Waals surface area contributed by atoms with Crippen LogP contribution in [0.4, 0.5) is 4.39 Å². The summed E-state index contributed by atoms with van der Waals surface area (Å²) in [7, 11) is 0. The average Bonchev–Trinajstić information content (AvgIpc) is 2.76. The fourth-order valence-corrected chi connectivity index (χ4v) is 1.71. The van der Waals surface area contributed by atoms with Crippen molar-refractivity contribution >= 4 is 17.4 Å². The van der Waals surface area contributed by atoms with Crippen molar-refractivity contribution in [3.63, 3.8) is 0 Å². The molecule has 2 heterocycles. The van der Waals surface area contributed by atoms with E-state index in [1.807, 2.05) is 0 Å². The SMILES string of the molecule is Fc1cc(Cl)ccc1-c1cn2ccoc2n1. The van der Waals surface area contributed by atoms with Gasteiger partial charge in [-0.1, -0.05) is 11.6 Å². The average molecular weight is 237 g/mol. The van der Waals surface area contributed by atoms with Crippen molar-refractivity contribution in [1.82, 2.24) is 9.38 Å². The van der Waals surface area contributed by atoms with Crippen molar-refractivity contribution in [2.45, 2.75) is 0 Å². The largest absolute Gasteiger partial charge is 0.432 e. The topological polar surface area (TPSA) is 30.4 Å². The van der Waals surface area contributed by atoms with E-state index in [1.165, 1.54) is 12.3 Å². The monoisotopic (exact) mass is 236 g/mol. The summed E-state index contributed by atoms with van der Waals surface area (Å²) >= 11 is 5.68. The maximum absolute atomic E-state index is 13.6. The van der Waals surface area contributed by atoms with Crippen molar-refractivity contribution in [3.8, 4) is 11.3 Å². The number of oxazole rings is 1. The number of aromatic nitrogens is 2. The summed E-state index contributed by atoms with van der Waals surface area (Å²) in [6.45, 7) is 0. The molecule has 0 aliphatic heterocycles. The normalized spacial score (nSPS) is 11.1. The summed E-state index contributed by atoms with van der Waals surface area (Å²) in [6.07, 6.45) is 4.93. The minimum Gasteiger partial charge on any atom is -0.432 e. The summed E-state index contributed by atoms with van der Waals surface area (Å²) < 4.78 is 20.4. The molecule has 0 saturated heterocycles. The molecule has 0 fully saturated rings. The summed E-state index contributed by atoms with van der Waals surface area (Å²) in [5, 5.41) is 0.365. The Bertz CT molecular complexity index is 630. The Morgan fingerprint density at radius 1 is 1.38 bits per heavy atom. The zero-order chi connectivity index (χ0) is 11.1. The second-order valence-electron chi connectivity index (χ2n) is 3.34. The standard InChI is InChI=1S/C11H6ClFN2O/c12-7-1-2-8(9(13)5-7)10-6-15-3-4-16-11(15)14-10/h1-6H. The van der Waals surface area contributed by atoms with Gasteiger partial charge in [0.15, 0.2) is 0 Å². The van der Waals surface area contributed by atoms with E-state index in [-0.39, 0.29) is 0 Å². The first-order valence-electron chi connectivity index (χ1n) is 4.62. The molecule has 0 atom stereocenters. The van der Waals surface area contributed by atoms with Gasteiger partial charge in [-0.2, -0.15) is 4.98 Å². The van der Waals surface area contributed by atoms with E-state index in [1.54, 1.807) is 28.9 Å². The predicted octanol–water partition coefficient (Wildman–Crippen LogP) is 3.39. The van der Waals surface area contributed by atoms with Crippen LogP contribution in [0.15, 0.2) is 41.3 Å². The van der Waals surface area contributed by atoms with Gasteiger partial charge in [0.1, 0.15) is 12.1 Å². The van der Waals surface area contributed by atoms with Crippen LogP contribution >= 0.6 is 11.6 Å². The second kappa shape index (κ2) is 3.35. The zero-order valence-electron chi connectivity index (χ0n) is 8.02. The summed E-state index contributed by atoms with van der Waals surface area (Å²) in [6, 6.07) is 4.48. The van der Waals surface area contributed by atoms with Crippen LogP contribution in [0.3, 0.4) is 0 Å². The third-order valence-electron chi connectivity index (χ3n) is 2.30. The van der Waals surface area contributed by atoms with Crippen LogP contribution < -0.4 is 0 Å². The summed E-state index contributed by atoms with van der Waals surface area (Å²) in [4.78, 5) is 4.15. The van der Waals surface area contributed by atoms with Crippen LogP contribution in [0, 0.1) is 5.82 Å². The first-order chi connectivity index (χ1) is 7.74. The Balaban J connectivity index is 2.19. The van der Waals surface area contributed by atoms with E-state index >= 15 is 0 Å². The highest BCUT2D eigenvalue weighted by Crippen LogP contribution is 2.24. The van der Waals surface area contributed by atoms with Gasteiger partial charge in [-0.05, 0) is 18.2 Å². The number of rotatable bonds is 1. The van der Waals surface area contributed by atoms with Gasteiger partial charge in [-0.3, -0.25) is 4.40 Å². The molecule has 3 aromatic rings. The first-order valence-corrected chi connectivity index (χ1v) is 4.99. The quantitative estimate of drug-likeness (QED) is 0.648. The molecule has 0 amide bonds. The number of fused-ring (bicyclic) bond motifs is 1. The van der Waals surface area contributed by atoms with Crippen LogP contribution in [0.5, 0.6) is 0 Å². The van der Waals surface area contributed by atoms with Crippen LogP contribution in [0.25, 0.3) is 17.1 Å². The van der Waals surface area contributed by atoms with Crippen molar-refractivity contribution in [2.75, 3.05) is 0 Å². The highest BCUT2D eigenvalue weighted by Gasteiger charge is 2.10. The van der Waals surface area contributed by atoms with Crippen molar-refractivity contribution in [3.05, 3.63) is 47.7 Å². The van der Waals surface area contributed by atoms with E-state index < -0.39 is 5.82 Å². The van der Waals surface area contributed by atoms with E-state index in [0.29, 0.717) is 22.1 Å². The fraction of sp³-hybridized carbons (Fsp3) is 0. The summed E-state index contributed by atoms with van der Waals surface area (Å²) in [5.74, 6) is 0.0394. The molecular weight excluding hydrogens is 231 g/mol. The molecule has 0 aliphatic carbocycles. The maximum atomic E-state index is 13.6. The molecular formula is C11H6ClFN2O. The van der Waals surface area contributed by atoms with Crippen molar-refractivity contribution in [2.24, 2.45) is 0 Å². The van der Waals surface area contributed by atoms with Gasteiger partial charge in [0.05, 0.1) is 5.69 Å². The van der Waals surface area contributed by atoms with Crippen LogP contribution in [0.2, 0.25) is 5.02 Å². The third kappa shape index (κ3) is 1.39. The van der Waals surface area contributed by atoms with Crippen LogP contribution in [-0.2, 0) is 0 Å². The Hall–Kier alpha value is -1.81. The van der Waals surface area contributed by atoms with E-state index in [4.69, 9.17) is 16.0 Å². The lowest BCUT2D eigenvalue weighted by atomic mass is 10.1. The predicted molar refractivity (Wildman–Crippen MR) is 57.9 cm³/mol. The van der Waals surface area contributed by atoms with Crippen molar-refractivity contribution < 1.29 is 8.81 Å². The lowest BCUT2D eigenvalue weighted by Crippen LogP contribution is -1.83. The maximum Gasteiger partial charge on any atom is 0.306 e. The molecule has 16 heavy (non-hydrogen) atoms. The smallest absolute Gasteiger partial charge is 0.306 e. The van der Waals surface area contributed by atoms with Gasteiger partial charge in [0, 0.05) is 23.0 Å². The molecule has 0 saturated carbocycles. The molecule has 3 nitrogen and oxygen atoms in total. The molecule has 0 bridgehead atoms. The van der Waals surface area contributed by atoms with Gasteiger partial charge in [-0.15, -0.1) is 0 Å². The number of imidazole rings is 1. The summed E-state index contributed by atoms with van der Waals surface area (Å²) in [5.41, 5.74) is 0.928. The molecule has 0 radical (unpaired) electrons. The van der Waals surface area contributed by atoms with Gasteiger partial charge in [0.25, 0.3) is 0 Å². The first kappa shape index (κ1) is 9.42. The Morgan fingerprint density at radius 3 is 3.00 bits per heavy atom. The molecule has 2 aromatic heterocycles. The molecule has 80 valence electrons. The molecule has 5 heteroatoms. The van der Waals surface area contributed by atoms with E-state index in [0.717, 1.165) is 0 Å². The van der Waals surface area contributed by atoms with Gasteiger partial charge >= 0.3 is 5.84 Å². The number of halogens is 2. The molecule has 0 unspecified atom stereocenters. The van der Waals surface area contributed by atoms with Gasteiger partial charge in [-0.25, -0.2) is 4.39 Å². The second-order valence-corrected chi connectivity index (χ2v) is 3.78. The Labute approximate surface area is 95.1 Å². The molecule has 0 aliphatic rings. The van der Waals surface area contributed by atoms with Gasteiger partial charge < -0.3 is 4.42 Å². The third-order valence-corrected chi connectivity index (χ3v) is 2.54. The highest BCUT2D eigenvalue weighted by atomic mass is 35.5.